The number of hydrogen-bond donors (Lipinski definition) is 2. The molecule has 39 heavy (non-hydrogen) atoms. The average Bonchev–Trinajstić information content (AvgIpc) is 3.42. The maximum Gasteiger partial charge on any atom is 0.254 e. The second-order valence-corrected chi connectivity index (χ2v) is 11.7. The van der Waals surface area contributed by atoms with Crippen molar-refractivity contribution >= 4 is 28.4 Å². The molecule has 2 heterocycles. The van der Waals surface area contributed by atoms with Gasteiger partial charge in [0.25, 0.3) is 5.91 Å². The van der Waals surface area contributed by atoms with Gasteiger partial charge in [0, 0.05) is 60.5 Å². The summed E-state index contributed by atoms with van der Waals surface area (Å²) < 4.78 is 5.29. The molecule has 0 unspecified atom stereocenters. The van der Waals surface area contributed by atoms with E-state index in [0.717, 1.165) is 66.1 Å². The van der Waals surface area contributed by atoms with E-state index in [9.17, 15) is 15.0 Å². The fourth-order valence-electron chi connectivity index (χ4n) is 6.61. The summed E-state index contributed by atoms with van der Waals surface area (Å²) in [4.78, 5) is 19.9. The third-order valence-corrected chi connectivity index (χ3v) is 9.04. The van der Waals surface area contributed by atoms with Crippen LogP contribution in [0.3, 0.4) is 0 Å². The Balaban J connectivity index is 1.54. The van der Waals surface area contributed by atoms with Crippen molar-refractivity contribution < 1.29 is 19.7 Å². The number of rotatable bonds is 9. The van der Waals surface area contributed by atoms with Gasteiger partial charge in [0.15, 0.2) is 0 Å². The number of aliphatic hydroxyl groups is 2. The highest BCUT2D eigenvalue weighted by Crippen LogP contribution is 2.46. The molecule has 3 aromatic rings. The van der Waals surface area contributed by atoms with Crippen molar-refractivity contribution in [2.24, 2.45) is 5.92 Å². The van der Waals surface area contributed by atoms with Crippen molar-refractivity contribution in [2.45, 2.75) is 69.0 Å². The van der Waals surface area contributed by atoms with Gasteiger partial charge in [0.2, 0.25) is 0 Å². The minimum Gasteiger partial charge on any atom is -0.385 e. The van der Waals surface area contributed by atoms with Crippen LogP contribution in [0.2, 0.25) is 5.02 Å². The molecule has 1 saturated heterocycles. The summed E-state index contributed by atoms with van der Waals surface area (Å²) in [6, 6.07) is 15.7. The number of piperidine rings is 1. The number of para-hydroxylation sites is 1. The fourth-order valence-corrected chi connectivity index (χ4v) is 6.89. The third kappa shape index (κ3) is 5.71. The van der Waals surface area contributed by atoms with E-state index in [1.807, 2.05) is 48.7 Å². The minimum absolute atomic E-state index is 0.184. The molecule has 2 aliphatic rings. The Bertz CT molecular complexity index is 1310. The highest BCUT2D eigenvalue weighted by Gasteiger charge is 2.47. The second kappa shape index (κ2) is 11.9. The molecule has 2 fully saturated rings. The topological polar surface area (TPSA) is 82.9 Å². The Hall–Kier alpha value is -2.51. The summed E-state index contributed by atoms with van der Waals surface area (Å²) >= 11 is 6.87. The van der Waals surface area contributed by atoms with E-state index in [1.165, 1.54) is 0 Å². The van der Waals surface area contributed by atoms with Gasteiger partial charge in [-0.3, -0.25) is 9.78 Å². The first-order valence-electron chi connectivity index (χ1n) is 14.2. The van der Waals surface area contributed by atoms with Crippen molar-refractivity contribution in [3.05, 3.63) is 65.3 Å². The number of fused-ring (bicyclic) bond motifs is 1. The zero-order valence-corrected chi connectivity index (χ0v) is 23.5. The second-order valence-electron chi connectivity index (χ2n) is 11.3. The Morgan fingerprint density at radius 3 is 2.74 bits per heavy atom. The van der Waals surface area contributed by atoms with Crippen LogP contribution in [0.15, 0.2) is 54.7 Å². The fraction of sp³-hybridized carbons (Fsp3) is 0.500. The highest BCUT2D eigenvalue weighted by atomic mass is 35.5. The zero-order valence-electron chi connectivity index (χ0n) is 22.7. The molecule has 2 atom stereocenters. The molecule has 0 spiro atoms. The summed E-state index contributed by atoms with van der Waals surface area (Å²) in [7, 11) is 1.69. The summed E-state index contributed by atoms with van der Waals surface area (Å²) in [6.07, 6.45) is 8.26. The van der Waals surface area contributed by atoms with Gasteiger partial charge in [-0.05, 0) is 81.5 Å². The van der Waals surface area contributed by atoms with Crippen molar-refractivity contribution in [3.63, 3.8) is 0 Å². The van der Waals surface area contributed by atoms with Crippen LogP contribution in [0, 0.1) is 5.92 Å². The molecule has 5 rings (SSSR count). The largest absolute Gasteiger partial charge is 0.385 e. The highest BCUT2D eigenvalue weighted by molar-refractivity contribution is 6.33. The number of likely N-dealkylation sites (tertiary alicyclic amines) is 1. The van der Waals surface area contributed by atoms with E-state index < -0.39 is 11.2 Å². The van der Waals surface area contributed by atoms with Crippen LogP contribution in [-0.2, 0) is 15.1 Å². The number of nitrogens with zero attached hydrogens (tertiary/aromatic N) is 2. The summed E-state index contributed by atoms with van der Waals surface area (Å²) in [6.45, 7) is 1.63. The molecule has 1 aliphatic carbocycles. The van der Waals surface area contributed by atoms with Crippen molar-refractivity contribution in [1.82, 2.24) is 9.88 Å². The number of methoxy groups -OCH3 is 1. The number of carbonyl (C=O) groups excluding carboxylic acids is 1. The molecule has 0 radical (unpaired) electrons. The number of pyridine rings is 1. The molecule has 1 aliphatic heterocycles. The van der Waals surface area contributed by atoms with Crippen LogP contribution >= 0.6 is 11.6 Å². The van der Waals surface area contributed by atoms with E-state index in [-0.39, 0.29) is 11.8 Å². The molecule has 1 saturated carbocycles. The molecule has 2 aromatic carbocycles. The van der Waals surface area contributed by atoms with E-state index >= 15 is 0 Å². The van der Waals surface area contributed by atoms with Gasteiger partial charge < -0.3 is 19.8 Å². The predicted octanol–water partition coefficient (Wildman–Crippen LogP) is 6.10. The van der Waals surface area contributed by atoms with E-state index in [4.69, 9.17) is 16.3 Å². The van der Waals surface area contributed by atoms with Crippen LogP contribution in [0.1, 0.15) is 63.4 Å². The number of halogens is 1. The Morgan fingerprint density at radius 2 is 1.95 bits per heavy atom. The average molecular weight is 551 g/mol. The molecule has 1 aromatic heterocycles. The van der Waals surface area contributed by atoms with Gasteiger partial charge in [0.05, 0.1) is 11.1 Å². The molecule has 1 amide bonds. The van der Waals surface area contributed by atoms with Gasteiger partial charge in [0.1, 0.15) is 5.60 Å². The maximum absolute atomic E-state index is 13.4. The molecule has 2 N–H and O–H groups in total. The summed E-state index contributed by atoms with van der Waals surface area (Å²) in [5.74, 6) is -0.384. The number of amides is 1. The number of unbranched alkanes of at least 4 members (excludes halogenated alkanes) is 1. The Kier molecular flexibility index (Phi) is 8.57. The molecule has 7 heteroatoms. The lowest BCUT2D eigenvalue weighted by Crippen LogP contribution is -2.54. The van der Waals surface area contributed by atoms with Gasteiger partial charge in [-0.25, -0.2) is 0 Å². The van der Waals surface area contributed by atoms with Crippen LogP contribution in [-0.4, -0.2) is 58.4 Å². The first kappa shape index (κ1) is 28.0. The smallest absolute Gasteiger partial charge is 0.254 e. The number of carbonyl (C=O) groups is 1. The Labute approximate surface area is 236 Å². The molecular formula is C32H39ClN2O4. The van der Waals surface area contributed by atoms with Crippen LogP contribution < -0.4 is 0 Å². The number of hydrogen-bond acceptors (Lipinski definition) is 5. The van der Waals surface area contributed by atoms with Crippen LogP contribution in [0.25, 0.3) is 22.0 Å². The first-order chi connectivity index (χ1) is 18.9. The quantitative estimate of drug-likeness (QED) is 0.314. The molecule has 208 valence electrons. The minimum atomic E-state index is -1.27. The van der Waals surface area contributed by atoms with Gasteiger partial charge in [-0.15, -0.1) is 0 Å². The van der Waals surface area contributed by atoms with E-state index in [1.54, 1.807) is 12.0 Å². The molecular weight excluding hydrogens is 512 g/mol. The lowest BCUT2D eigenvalue weighted by atomic mass is 9.72. The SMILES string of the molecule is COCCCC[C@](O)(c1cccc(Cl)c1-c1cnc2ccccc2c1)[C@@H]1CCCN(C(=O)C2(O)CCCC2)C1. The van der Waals surface area contributed by atoms with Crippen LogP contribution in [0.4, 0.5) is 0 Å². The normalized spacial score (nSPS) is 20.7. The van der Waals surface area contributed by atoms with Crippen molar-refractivity contribution in [3.8, 4) is 11.1 Å². The monoisotopic (exact) mass is 550 g/mol. The molecule has 6 nitrogen and oxygen atoms in total. The third-order valence-electron chi connectivity index (χ3n) is 8.73. The Morgan fingerprint density at radius 1 is 1.15 bits per heavy atom. The van der Waals surface area contributed by atoms with Gasteiger partial charge in [-0.2, -0.15) is 0 Å². The zero-order chi connectivity index (χ0) is 27.5. The maximum atomic E-state index is 13.4. The van der Waals surface area contributed by atoms with Crippen molar-refractivity contribution in [1.29, 1.82) is 0 Å². The lowest BCUT2D eigenvalue weighted by Gasteiger charge is -2.45. The first-order valence-corrected chi connectivity index (χ1v) is 14.6. The number of ether oxygens (including phenoxy) is 1. The summed E-state index contributed by atoms with van der Waals surface area (Å²) in [5, 5.41) is 25.3. The number of benzene rings is 2. The van der Waals surface area contributed by atoms with Gasteiger partial charge in [-0.1, -0.05) is 41.9 Å². The predicted molar refractivity (Wildman–Crippen MR) is 155 cm³/mol. The van der Waals surface area contributed by atoms with Gasteiger partial charge >= 0.3 is 0 Å². The molecule has 0 bridgehead atoms. The number of aromatic nitrogens is 1. The standard InChI is InChI=1S/C32H39ClN2O4/c1-39-19-7-6-17-32(38,25-11-9-18-35(22-25)30(36)31(37)15-4-5-16-31)26-12-8-13-27(33)29(26)24-20-23-10-2-3-14-28(23)34-21-24/h2-3,8,10,12-14,20-21,25,37-38H,4-7,9,11,15-19,22H2,1H3/t25-,32-/m1/s1. The van der Waals surface area contributed by atoms with Crippen molar-refractivity contribution in [2.75, 3.05) is 26.8 Å². The van der Waals surface area contributed by atoms with Crippen LogP contribution in [0.5, 0.6) is 0 Å². The summed E-state index contributed by atoms with van der Waals surface area (Å²) in [5.41, 5.74) is 0.810. The van der Waals surface area contributed by atoms with E-state index in [2.05, 4.69) is 11.1 Å². The lowest BCUT2D eigenvalue weighted by molar-refractivity contribution is -0.155. The van der Waals surface area contributed by atoms with E-state index in [0.29, 0.717) is 44.0 Å².